The molecule has 1 unspecified atom stereocenters. The second-order valence-corrected chi connectivity index (χ2v) is 8.02. The van der Waals surface area contributed by atoms with E-state index >= 15 is 0 Å². The molecule has 0 saturated carbocycles. The molecule has 2 aromatic carbocycles. The minimum absolute atomic E-state index is 0.204. The molecular weight excluding hydrogens is 306 g/mol. The minimum atomic E-state index is 0.204. The van der Waals surface area contributed by atoms with Gasteiger partial charge in [-0.25, -0.2) is 0 Å². The van der Waals surface area contributed by atoms with Crippen molar-refractivity contribution in [3.05, 3.63) is 53.1 Å². The Bertz CT molecular complexity index is 816. The van der Waals surface area contributed by atoms with Crippen LogP contribution in [0.1, 0.15) is 37.0 Å². The molecular formula is C22H27N3. The van der Waals surface area contributed by atoms with E-state index in [4.69, 9.17) is 0 Å². The largest absolute Gasteiger partial charge is 0.377 e. The molecule has 2 aliphatic heterocycles. The van der Waals surface area contributed by atoms with Crippen LogP contribution < -0.4 is 15.1 Å². The third kappa shape index (κ3) is 2.04. The maximum atomic E-state index is 4.06. The number of fused-ring (bicyclic) bond motifs is 4. The fraction of sp³-hybridized carbons (Fsp3) is 0.455. The molecule has 3 heteroatoms. The molecule has 3 nitrogen and oxygen atoms in total. The summed E-state index contributed by atoms with van der Waals surface area (Å²) in [6.45, 7) is 5.62. The third-order valence-electron chi connectivity index (χ3n) is 6.70. The first kappa shape index (κ1) is 15.1. The lowest BCUT2D eigenvalue weighted by Gasteiger charge is -2.39. The Morgan fingerprint density at radius 2 is 1.80 bits per heavy atom. The highest BCUT2D eigenvalue weighted by atomic mass is 15.4. The van der Waals surface area contributed by atoms with E-state index in [1.165, 1.54) is 46.6 Å². The molecule has 25 heavy (non-hydrogen) atoms. The molecule has 1 spiro atoms. The molecule has 0 saturated heterocycles. The minimum Gasteiger partial charge on any atom is -0.377 e. The first-order valence-corrected chi connectivity index (χ1v) is 9.62. The van der Waals surface area contributed by atoms with E-state index in [1.54, 1.807) is 0 Å². The highest BCUT2D eigenvalue weighted by Gasteiger charge is 2.42. The van der Waals surface area contributed by atoms with Gasteiger partial charge in [-0.3, -0.25) is 0 Å². The molecule has 130 valence electrons. The van der Waals surface area contributed by atoms with Crippen LogP contribution in [0.3, 0.4) is 0 Å². The molecule has 1 atom stereocenters. The number of rotatable bonds is 1. The maximum Gasteiger partial charge on any atom is 0.0985 e. The zero-order valence-corrected chi connectivity index (χ0v) is 15.5. The average molecular weight is 333 g/mol. The number of aryl methyl sites for hydroxylation is 1. The summed E-state index contributed by atoms with van der Waals surface area (Å²) in [6, 6.07) is 13.7. The van der Waals surface area contributed by atoms with E-state index in [1.807, 2.05) is 0 Å². The molecule has 0 fully saturated rings. The van der Waals surface area contributed by atoms with Crippen molar-refractivity contribution in [2.45, 2.75) is 51.2 Å². The maximum absolute atomic E-state index is 4.06. The summed E-state index contributed by atoms with van der Waals surface area (Å²) in [7, 11) is 2.22. The number of hydrogen-bond donors (Lipinski definition) is 1. The molecule has 0 bridgehead atoms. The first-order chi connectivity index (χ1) is 12.1. The van der Waals surface area contributed by atoms with Gasteiger partial charge in [-0.1, -0.05) is 30.3 Å². The Morgan fingerprint density at radius 1 is 1.08 bits per heavy atom. The Labute approximate surface area is 150 Å². The van der Waals surface area contributed by atoms with Crippen LogP contribution in [-0.2, 0) is 19.3 Å². The van der Waals surface area contributed by atoms with E-state index in [2.05, 4.69) is 72.4 Å². The number of nitrogens with one attached hydrogen (secondary N) is 1. The lowest BCUT2D eigenvalue weighted by Crippen LogP contribution is -2.43. The number of nitrogens with zero attached hydrogens (tertiary/aromatic N) is 2. The van der Waals surface area contributed by atoms with Crippen molar-refractivity contribution in [1.82, 2.24) is 0 Å². The van der Waals surface area contributed by atoms with E-state index in [9.17, 15) is 0 Å². The zero-order valence-electron chi connectivity index (χ0n) is 15.5. The molecule has 3 aliphatic rings. The van der Waals surface area contributed by atoms with Crippen molar-refractivity contribution < 1.29 is 0 Å². The lowest BCUT2D eigenvalue weighted by atomic mass is 9.83. The molecule has 1 N–H and O–H groups in total. The van der Waals surface area contributed by atoms with Gasteiger partial charge in [0.2, 0.25) is 0 Å². The summed E-state index contributed by atoms with van der Waals surface area (Å²) < 4.78 is 0. The van der Waals surface area contributed by atoms with Crippen LogP contribution in [0.5, 0.6) is 0 Å². The summed E-state index contributed by atoms with van der Waals surface area (Å²) in [4.78, 5) is 4.95. The molecule has 0 aromatic heterocycles. The average Bonchev–Trinajstić information content (AvgIpc) is 3.10. The summed E-state index contributed by atoms with van der Waals surface area (Å²) in [5.74, 6) is 0. The van der Waals surface area contributed by atoms with Gasteiger partial charge < -0.3 is 15.1 Å². The van der Waals surface area contributed by atoms with Crippen LogP contribution in [0.4, 0.5) is 17.1 Å². The molecule has 2 aromatic rings. The van der Waals surface area contributed by atoms with Crippen LogP contribution in [0.15, 0.2) is 36.4 Å². The first-order valence-electron chi connectivity index (χ1n) is 9.62. The Hall–Kier alpha value is -2.16. The molecule has 0 amide bonds. The van der Waals surface area contributed by atoms with Crippen molar-refractivity contribution in [1.29, 1.82) is 0 Å². The summed E-state index contributed by atoms with van der Waals surface area (Å²) in [5, 5.41) is 4.06. The fourth-order valence-corrected chi connectivity index (χ4v) is 5.23. The quantitative estimate of drug-likeness (QED) is 0.843. The topological polar surface area (TPSA) is 18.5 Å². The number of benzene rings is 2. The Kier molecular flexibility index (Phi) is 3.13. The van der Waals surface area contributed by atoms with Gasteiger partial charge in [-0.15, -0.1) is 0 Å². The highest BCUT2D eigenvalue weighted by Crippen LogP contribution is 2.50. The van der Waals surface area contributed by atoms with Gasteiger partial charge in [0.1, 0.15) is 0 Å². The molecule has 1 aliphatic carbocycles. The zero-order chi connectivity index (χ0) is 17.2. The van der Waals surface area contributed by atoms with E-state index in [-0.39, 0.29) is 5.54 Å². The van der Waals surface area contributed by atoms with Gasteiger partial charge >= 0.3 is 0 Å². The van der Waals surface area contributed by atoms with Gasteiger partial charge in [-0.2, -0.15) is 0 Å². The summed E-state index contributed by atoms with van der Waals surface area (Å²) in [6.07, 6.45) is 5.14. The van der Waals surface area contributed by atoms with Gasteiger partial charge in [0, 0.05) is 19.1 Å². The van der Waals surface area contributed by atoms with Gasteiger partial charge in [0.05, 0.1) is 23.2 Å². The van der Waals surface area contributed by atoms with Gasteiger partial charge in [0.15, 0.2) is 0 Å². The number of hydrogen-bond acceptors (Lipinski definition) is 3. The van der Waals surface area contributed by atoms with Crippen LogP contribution >= 0.6 is 0 Å². The van der Waals surface area contributed by atoms with Gasteiger partial charge in [-0.05, 0) is 62.3 Å². The van der Waals surface area contributed by atoms with Crippen molar-refractivity contribution >= 4 is 17.1 Å². The summed E-state index contributed by atoms with van der Waals surface area (Å²) >= 11 is 0. The van der Waals surface area contributed by atoms with E-state index < -0.39 is 0 Å². The lowest BCUT2D eigenvalue weighted by molar-refractivity contribution is 0.440. The number of anilines is 3. The van der Waals surface area contributed by atoms with Crippen molar-refractivity contribution in [2.24, 2.45) is 0 Å². The fourth-order valence-electron chi connectivity index (χ4n) is 5.23. The van der Waals surface area contributed by atoms with Crippen LogP contribution in [-0.4, -0.2) is 25.3 Å². The SMILES string of the molecule is CCN1c2c(ccc3c2NC2(CC3)Cc3ccccc3C2)N(C)C1C. The molecule has 5 rings (SSSR count). The molecule has 0 radical (unpaired) electrons. The summed E-state index contributed by atoms with van der Waals surface area (Å²) in [5.41, 5.74) is 8.94. The standard InChI is InChI=1S/C22H27N3/c1-4-25-15(2)24(3)19-10-9-16-11-12-22(23-20(16)21(19)25)13-17-7-5-6-8-18(17)14-22/h5-10,15,23H,4,11-14H2,1-3H3. The van der Waals surface area contributed by atoms with Crippen LogP contribution in [0.25, 0.3) is 0 Å². The van der Waals surface area contributed by atoms with Crippen molar-refractivity contribution in [3.63, 3.8) is 0 Å². The molecule has 2 heterocycles. The van der Waals surface area contributed by atoms with Crippen molar-refractivity contribution in [3.8, 4) is 0 Å². The van der Waals surface area contributed by atoms with Crippen LogP contribution in [0.2, 0.25) is 0 Å². The van der Waals surface area contributed by atoms with E-state index in [0.29, 0.717) is 6.17 Å². The van der Waals surface area contributed by atoms with Gasteiger partial charge in [0.25, 0.3) is 0 Å². The highest BCUT2D eigenvalue weighted by molar-refractivity contribution is 5.91. The predicted molar refractivity (Wildman–Crippen MR) is 106 cm³/mol. The monoisotopic (exact) mass is 333 g/mol. The second kappa shape index (κ2) is 5.17. The van der Waals surface area contributed by atoms with E-state index in [0.717, 1.165) is 19.4 Å². The second-order valence-electron chi connectivity index (χ2n) is 8.02. The predicted octanol–water partition coefficient (Wildman–Crippen LogP) is 4.20. The smallest absolute Gasteiger partial charge is 0.0985 e. The third-order valence-corrected chi connectivity index (χ3v) is 6.70. The Morgan fingerprint density at radius 3 is 2.48 bits per heavy atom. The van der Waals surface area contributed by atoms with Crippen molar-refractivity contribution in [2.75, 3.05) is 28.7 Å². The Balaban J connectivity index is 1.58. The normalized spacial score (nSPS) is 22.6. The van der Waals surface area contributed by atoms with Crippen LogP contribution in [0, 0.1) is 0 Å².